The zero-order chi connectivity index (χ0) is 19.6. The van der Waals surface area contributed by atoms with Gasteiger partial charge >= 0.3 is 0 Å². The number of ether oxygens (including phenoxy) is 1. The van der Waals surface area contributed by atoms with Crippen LogP contribution >= 0.6 is 0 Å². The van der Waals surface area contributed by atoms with Crippen LogP contribution in [0.3, 0.4) is 0 Å². The Bertz CT molecular complexity index is 1060. The normalized spacial score (nSPS) is 13.0. The number of sulfonamides is 1. The molecule has 27 heavy (non-hydrogen) atoms. The maximum Gasteiger partial charge on any atom is 0.244 e. The summed E-state index contributed by atoms with van der Waals surface area (Å²) in [7, 11) is -1.93. The number of hydrogen-bond acceptors (Lipinski definition) is 4. The summed E-state index contributed by atoms with van der Waals surface area (Å²) in [5, 5.41) is 11.5. The van der Waals surface area contributed by atoms with E-state index in [0.717, 1.165) is 16.5 Å². The number of para-hydroxylation sites is 1. The largest absolute Gasteiger partial charge is 0.492 e. The van der Waals surface area contributed by atoms with Crippen molar-refractivity contribution in [3.63, 3.8) is 0 Å². The molecular formula is C20H24N2O4S. The monoisotopic (exact) mass is 388 g/mol. The molecule has 0 aliphatic heterocycles. The van der Waals surface area contributed by atoms with E-state index in [4.69, 9.17) is 4.74 Å². The first-order valence-electron chi connectivity index (χ1n) is 8.78. The molecule has 0 amide bonds. The lowest BCUT2D eigenvalue weighted by Crippen LogP contribution is -2.29. The van der Waals surface area contributed by atoms with Crippen LogP contribution in [0.4, 0.5) is 0 Å². The van der Waals surface area contributed by atoms with Gasteiger partial charge in [-0.2, -0.15) is 0 Å². The number of aliphatic hydroxyl groups is 1. The standard InChI is InChI=1S/C20H24N2O4S/c1-4-26-19-10-9-14(2)11-20(19)27(24,25)21-12-18(23)16-13-22(3)17-8-6-5-7-15(16)17/h5-11,13,18,21,23H,4,12H2,1-3H3. The highest BCUT2D eigenvalue weighted by Crippen LogP contribution is 2.27. The maximum atomic E-state index is 12.8. The second-order valence-electron chi connectivity index (χ2n) is 6.46. The summed E-state index contributed by atoms with van der Waals surface area (Å²) in [6, 6.07) is 12.7. The van der Waals surface area contributed by atoms with Gasteiger partial charge in [-0.3, -0.25) is 0 Å². The van der Waals surface area contributed by atoms with Crippen LogP contribution in [-0.4, -0.2) is 31.2 Å². The molecule has 1 atom stereocenters. The molecule has 0 saturated heterocycles. The van der Waals surface area contributed by atoms with E-state index in [1.807, 2.05) is 49.0 Å². The van der Waals surface area contributed by atoms with E-state index < -0.39 is 16.1 Å². The van der Waals surface area contributed by atoms with E-state index in [1.165, 1.54) is 0 Å². The molecule has 2 aromatic carbocycles. The molecule has 0 radical (unpaired) electrons. The van der Waals surface area contributed by atoms with Gasteiger partial charge in [0.25, 0.3) is 0 Å². The number of aromatic nitrogens is 1. The molecule has 7 heteroatoms. The summed E-state index contributed by atoms with van der Waals surface area (Å²) in [5.41, 5.74) is 2.48. The Morgan fingerprint density at radius 1 is 1.22 bits per heavy atom. The number of aryl methyl sites for hydroxylation is 2. The van der Waals surface area contributed by atoms with E-state index in [1.54, 1.807) is 25.1 Å². The molecule has 3 rings (SSSR count). The highest BCUT2D eigenvalue weighted by Gasteiger charge is 2.22. The number of rotatable bonds is 7. The first-order valence-corrected chi connectivity index (χ1v) is 10.3. The van der Waals surface area contributed by atoms with Crippen molar-refractivity contribution in [1.82, 2.24) is 9.29 Å². The third kappa shape index (κ3) is 4.00. The van der Waals surface area contributed by atoms with E-state index in [2.05, 4.69) is 4.72 Å². The van der Waals surface area contributed by atoms with Gasteiger partial charge in [0, 0.05) is 36.3 Å². The summed E-state index contributed by atoms with van der Waals surface area (Å²) in [6.45, 7) is 3.85. The van der Waals surface area contributed by atoms with Crippen molar-refractivity contribution in [1.29, 1.82) is 0 Å². The predicted molar refractivity (Wildman–Crippen MR) is 105 cm³/mol. The zero-order valence-corrected chi connectivity index (χ0v) is 16.5. The van der Waals surface area contributed by atoms with Crippen LogP contribution in [0.1, 0.15) is 24.2 Å². The van der Waals surface area contributed by atoms with E-state index in [0.29, 0.717) is 17.9 Å². The van der Waals surface area contributed by atoms with Crippen molar-refractivity contribution in [3.8, 4) is 5.75 Å². The first-order chi connectivity index (χ1) is 12.8. The van der Waals surface area contributed by atoms with E-state index in [-0.39, 0.29) is 11.4 Å². The van der Waals surface area contributed by atoms with Crippen LogP contribution in [0.5, 0.6) is 5.75 Å². The SMILES string of the molecule is CCOc1ccc(C)cc1S(=O)(=O)NCC(O)c1cn(C)c2ccccc12. The van der Waals surface area contributed by atoms with Gasteiger partial charge in [-0.25, -0.2) is 13.1 Å². The van der Waals surface area contributed by atoms with Gasteiger partial charge in [0.1, 0.15) is 10.6 Å². The lowest BCUT2D eigenvalue weighted by Gasteiger charge is -2.15. The number of nitrogens with one attached hydrogen (secondary N) is 1. The van der Waals surface area contributed by atoms with Gasteiger partial charge in [0.15, 0.2) is 0 Å². The number of benzene rings is 2. The molecule has 144 valence electrons. The third-order valence-electron chi connectivity index (χ3n) is 4.44. The quantitative estimate of drug-likeness (QED) is 0.652. The molecule has 1 unspecified atom stereocenters. The lowest BCUT2D eigenvalue weighted by atomic mass is 10.1. The summed E-state index contributed by atoms with van der Waals surface area (Å²) >= 11 is 0. The van der Waals surface area contributed by atoms with Crippen LogP contribution in [0.2, 0.25) is 0 Å². The molecule has 0 fully saturated rings. The molecule has 6 nitrogen and oxygen atoms in total. The van der Waals surface area contributed by atoms with Crippen LogP contribution in [0, 0.1) is 6.92 Å². The van der Waals surface area contributed by atoms with Crippen LogP contribution in [0.15, 0.2) is 53.6 Å². The number of aliphatic hydroxyl groups excluding tert-OH is 1. The van der Waals surface area contributed by atoms with Crippen molar-refractivity contribution in [3.05, 3.63) is 59.8 Å². The Hall–Kier alpha value is -2.35. The Morgan fingerprint density at radius 3 is 2.70 bits per heavy atom. The smallest absolute Gasteiger partial charge is 0.244 e. The molecule has 0 aliphatic rings. The van der Waals surface area contributed by atoms with Gasteiger partial charge in [0.2, 0.25) is 10.0 Å². The molecule has 2 N–H and O–H groups in total. The maximum absolute atomic E-state index is 12.8. The van der Waals surface area contributed by atoms with Crippen LogP contribution in [0.25, 0.3) is 10.9 Å². The zero-order valence-electron chi connectivity index (χ0n) is 15.6. The van der Waals surface area contributed by atoms with Crippen molar-refractivity contribution in [2.24, 2.45) is 7.05 Å². The molecule has 1 heterocycles. The Labute approximate surface area is 159 Å². The van der Waals surface area contributed by atoms with Crippen LogP contribution < -0.4 is 9.46 Å². The summed E-state index contributed by atoms with van der Waals surface area (Å²) < 4.78 is 35.4. The minimum Gasteiger partial charge on any atom is -0.492 e. The summed E-state index contributed by atoms with van der Waals surface area (Å²) in [6.07, 6.45) is 0.855. The highest BCUT2D eigenvalue weighted by molar-refractivity contribution is 7.89. The van der Waals surface area contributed by atoms with Gasteiger partial charge in [-0.1, -0.05) is 24.3 Å². The second kappa shape index (κ2) is 7.72. The van der Waals surface area contributed by atoms with E-state index in [9.17, 15) is 13.5 Å². The highest BCUT2D eigenvalue weighted by atomic mass is 32.2. The van der Waals surface area contributed by atoms with E-state index >= 15 is 0 Å². The fraction of sp³-hybridized carbons (Fsp3) is 0.300. The number of hydrogen-bond donors (Lipinski definition) is 2. The fourth-order valence-corrected chi connectivity index (χ4v) is 4.38. The van der Waals surface area contributed by atoms with Gasteiger partial charge in [-0.05, 0) is 37.6 Å². The van der Waals surface area contributed by atoms with Crippen molar-refractivity contribution >= 4 is 20.9 Å². The van der Waals surface area contributed by atoms with Gasteiger partial charge in [0.05, 0.1) is 12.7 Å². The Balaban J connectivity index is 1.84. The number of nitrogens with zero attached hydrogens (tertiary/aromatic N) is 1. The lowest BCUT2D eigenvalue weighted by molar-refractivity contribution is 0.183. The second-order valence-corrected chi connectivity index (χ2v) is 8.20. The van der Waals surface area contributed by atoms with Crippen molar-refractivity contribution in [2.75, 3.05) is 13.2 Å². The third-order valence-corrected chi connectivity index (χ3v) is 5.89. The van der Waals surface area contributed by atoms with Crippen molar-refractivity contribution < 1.29 is 18.3 Å². The fourth-order valence-electron chi connectivity index (χ4n) is 3.11. The van der Waals surface area contributed by atoms with Crippen molar-refractivity contribution in [2.45, 2.75) is 24.8 Å². The minimum atomic E-state index is -3.83. The molecule has 0 saturated carbocycles. The average molecular weight is 388 g/mol. The first kappa shape index (κ1) is 19.4. The van der Waals surface area contributed by atoms with Gasteiger partial charge in [-0.15, -0.1) is 0 Å². The average Bonchev–Trinajstić information content (AvgIpc) is 2.99. The van der Waals surface area contributed by atoms with Gasteiger partial charge < -0.3 is 14.4 Å². The predicted octanol–water partition coefficient (Wildman–Crippen LogP) is 2.90. The topological polar surface area (TPSA) is 80.6 Å². The molecule has 1 aromatic heterocycles. The molecule has 3 aromatic rings. The summed E-state index contributed by atoms with van der Waals surface area (Å²) in [5.74, 6) is 0.301. The minimum absolute atomic E-state index is 0.0782. The molecule has 0 bridgehead atoms. The van der Waals surface area contributed by atoms with Crippen LogP contribution in [-0.2, 0) is 17.1 Å². The molecule has 0 aliphatic carbocycles. The number of fused-ring (bicyclic) bond motifs is 1. The summed E-state index contributed by atoms with van der Waals surface area (Å²) in [4.78, 5) is 0.0782. The Kier molecular flexibility index (Phi) is 5.55. The molecule has 0 spiro atoms. The molecular weight excluding hydrogens is 364 g/mol. The Morgan fingerprint density at radius 2 is 1.96 bits per heavy atom.